The molecule has 2 aromatic rings. The Morgan fingerprint density at radius 1 is 1.19 bits per heavy atom. The SMILES string of the molecule is Cc1c(-c2ccc(C(C)C)cn2)cnn1C. The van der Waals surface area contributed by atoms with Gasteiger partial charge in [-0.25, -0.2) is 0 Å². The summed E-state index contributed by atoms with van der Waals surface area (Å²) in [6, 6.07) is 4.21. The molecule has 0 fully saturated rings. The first-order valence-electron chi connectivity index (χ1n) is 5.54. The highest BCUT2D eigenvalue weighted by Crippen LogP contribution is 2.22. The quantitative estimate of drug-likeness (QED) is 0.771. The topological polar surface area (TPSA) is 30.7 Å². The standard InChI is InChI=1S/C13H17N3/c1-9(2)11-5-6-13(14-7-11)12-8-15-16(4)10(12)3/h5-9H,1-4H3. The molecular formula is C13H17N3. The number of pyridine rings is 1. The van der Waals surface area contributed by atoms with E-state index in [9.17, 15) is 0 Å². The highest BCUT2D eigenvalue weighted by atomic mass is 15.3. The van der Waals surface area contributed by atoms with Gasteiger partial charge in [0.15, 0.2) is 0 Å². The lowest BCUT2D eigenvalue weighted by Gasteiger charge is -2.05. The fourth-order valence-electron chi connectivity index (χ4n) is 1.66. The second kappa shape index (κ2) is 4.08. The van der Waals surface area contributed by atoms with Crippen molar-refractivity contribution in [3.63, 3.8) is 0 Å². The molecule has 3 heteroatoms. The zero-order valence-corrected chi connectivity index (χ0v) is 10.2. The maximum atomic E-state index is 4.49. The molecule has 84 valence electrons. The van der Waals surface area contributed by atoms with Crippen molar-refractivity contribution in [3.8, 4) is 11.3 Å². The number of nitrogens with zero attached hydrogens (tertiary/aromatic N) is 3. The van der Waals surface area contributed by atoms with E-state index >= 15 is 0 Å². The van der Waals surface area contributed by atoms with Crippen molar-refractivity contribution in [2.24, 2.45) is 7.05 Å². The van der Waals surface area contributed by atoms with Crippen LogP contribution in [0.5, 0.6) is 0 Å². The van der Waals surface area contributed by atoms with Crippen LogP contribution in [0.4, 0.5) is 0 Å². The predicted molar refractivity (Wildman–Crippen MR) is 65.3 cm³/mol. The monoisotopic (exact) mass is 215 g/mol. The summed E-state index contributed by atoms with van der Waals surface area (Å²) in [7, 11) is 1.95. The van der Waals surface area contributed by atoms with Crippen molar-refractivity contribution >= 4 is 0 Å². The number of aryl methyl sites for hydroxylation is 1. The van der Waals surface area contributed by atoms with Gasteiger partial charge in [-0.05, 0) is 24.5 Å². The van der Waals surface area contributed by atoms with Gasteiger partial charge in [-0.3, -0.25) is 9.67 Å². The van der Waals surface area contributed by atoms with Crippen molar-refractivity contribution in [1.29, 1.82) is 0 Å². The van der Waals surface area contributed by atoms with Crippen molar-refractivity contribution in [2.75, 3.05) is 0 Å². The van der Waals surface area contributed by atoms with Crippen LogP contribution in [0.1, 0.15) is 31.0 Å². The van der Waals surface area contributed by atoms with E-state index in [0.717, 1.165) is 17.0 Å². The van der Waals surface area contributed by atoms with Crippen LogP contribution in [-0.4, -0.2) is 14.8 Å². The van der Waals surface area contributed by atoms with Gasteiger partial charge in [-0.15, -0.1) is 0 Å². The van der Waals surface area contributed by atoms with Gasteiger partial charge in [0, 0.05) is 24.5 Å². The first-order valence-corrected chi connectivity index (χ1v) is 5.54. The van der Waals surface area contributed by atoms with Crippen LogP contribution < -0.4 is 0 Å². The Labute approximate surface area is 96.1 Å². The summed E-state index contributed by atoms with van der Waals surface area (Å²) < 4.78 is 1.87. The minimum absolute atomic E-state index is 0.525. The van der Waals surface area contributed by atoms with Gasteiger partial charge in [-0.2, -0.15) is 5.10 Å². The lowest BCUT2D eigenvalue weighted by molar-refractivity contribution is 0.740. The molecule has 0 N–H and O–H groups in total. The third kappa shape index (κ3) is 1.85. The van der Waals surface area contributed by atoms with Gasteiger partial charge >= 0.3 is 0 Å². The zero-order chi connectivity index (χ0) is 11.7. The molecule has 0 amide bonds. The molecule has 0 unspecified atom stereocenters. The van der Waals surface area contributed by atoms with Gasteiger partial charge in [0.1, 0.15) is 0 Å². The third-order valence-corrected chi connectivity index (χ3v) is 2.96. The van der Waals surface area contributed by atoms with E-state index in [1.807, 2.05) is 24.1 Å². The van der Waals surface area contributed by atoms with Crippen molar-refractivity contribution in [1.82, 2.24) is 14.8 Å². The van der Waals surface area contributed by atoms with Gasteiger partial charge in [0.25, 0.3) is 0 Å². The van der Waals surface area contributed by atoms with E-state index in [4.69, 9.17) is 0 Å². The highest BCUT2D eigenvalue weighted by Gasteiger charge is 2.08. The fraction of sp³-hybridized carbons (Fsp3) is 0.385. The number of rotatable bonds is 2. The van der Waals surface area contributed by atoms with Gasteiger partial charge in [0.2, 0.25) is 0 Å². The first-order chi connectivity index (χ1) is 7.59. The molecular weight excluding hydrogens is 198 g/mol. The Kier molecular flexibility index (Phi) is 2.77. The Morgan fingerprint density at radius 2 is 1.94 bits per heavy atom. The summed E-state index contributed by atoms with van der Waals surface area (Å²) in [5.74, 6) is 0.525. The molecule has 0 radical (unpaired) electrons. The van der Waals surface area contributed by atoms with E-state index in [0.29, 0.717) is 5.92 Å². The maximum Gasteiger partial charge on any atom is 0.0736 e. The van der Waals surface area contributed by atoms with E-state index in [1.165, 1.54) is 5.56 Å². The van der Waals surface area contributed by atoms with Crippen LogP contribution in [0.15, 0.2) is 24.5 Å². The second-order valence-corrected chi connectivity index (χ2v) is 4.40. The highest BCUT2D eigenvalue weighted by molar-refractivity contribution is 5.60. The van der Waals surface area contributed by atoms with Gasteiger partial charge in [-0.1, -0.05) is 19.9 Å². The molecule has 0 aromatic carbocycles. The van der Waals surface area contributed by atoms with Crippen LogP contribution in [0.3, 0.4) is 0 Å². The maximum absolute atomic E-state index is 4.49. The molecule has 16 heavy (non-hydrogen) atoms. The van der Waals surface area contributed by atoms with E-state index in [-0.39, 0.29) is 0 Å². The molecule has 0 saturated heterocycles. The Bertz CT molecular complexity index is 480. The molecule has 0 atom stereocenters. The summed E-state index contributed by atoms with van der Waals surface area (Å²) >= 11 is 0. The average Bonchev–Trinajstić information content (AvgIpc) is 2.60. The molecule has 2 heterocycles. The smallest absolute Gasteiger partial charge is 0.0736 e. The molecule has 2 rings (SSSR count). The third-order valence-electron chi connectivity index (χ3n) is 2.96. The molecule has 3 nitrogen and oxygen atoms in total. The molecule has 0 saturated carbocycles. The van der Waals surface area contributed by atoms with Crippen molar-refractivity contribution in [2.45, 2.75) is 26.7 Å². The lowest BCUT2D eigenvalue weighted by Crippen LogP contribution is -1.94. The van der Waals surface area contributed by atoms with E-state index in [2.05, 4.69) is 43.0 Å². The molecule has 0 aliphatic rings. The van der Waals surface area contributed by atoms with Crippen LogP contribution >= 0.6 is 0 Å². The zero-order valence-electron chi connectivity index (χ0n) is 10.2. The minimum Gasteiger partial charge on any atom is -0.272 e. The normalized spacial score (nSPS) is 11.1. The average molecular weight is 215 g/mol. The summed E-state index contributed by atoms with van der Waals surface area (Å²) in [6.07, 6.45) is 3.82. The first kappa shape index (κ1) is 10.9. The van der Waals surface area contributed by atoms with Crippen molar-refractivity contribution < 1.29 is 0 Å². The molecule has 0 aliphatic carbocycles. The van der Waals surface area contributed by atoms with Crippen LogP contribution in [0.2, 0.25) is 0 Å². The predicted octanol–water partition coefficient (Wildman–Crippen LogP) is 2.91. The van der Waals surface area contributed by atoms with Crippen LogP contribution in [0.25, 0.3) is 11.3 Å². The molecule has 0 aliphatic heterocycles. The number of aromatic nitrogens is 3. The summed E-state index contributed by atoms with van der Waals surface area (Å²) in [4.78, 5) is 4.49. The Balaban J connectivity index is 2.38. The molecule has 2 aromatic heterocycles. The van der Waals surface area contributed by atoms with E-state index in [1.54, 1.807) is 0 Å². The van der Waals surface area contributed by atoms with Gasteiger partial charge < -0.3 is 0 Å². The Morgan fingerprint density at radius 3 is 2.38 bits per heavy atom. The van der Waals surface area contributed by atoms with E-state index < -0.39 is 0 Å². The number of hydrogen-bond acceptors (Lipinski definition) is 2. The molecule has 0 spiro atoms. The summed E-state index contributed by atoms with van der Waals surface area (Å²) in [5, 5.41) is 4.23. The minimum atomic E-state index is 0.525. The van der Waals surface area contributed by atoms with Crippen LogP contribution in [0, 0.1) is 6.92 Å². The number of hydrogen-bond donors (Lipinski definition) is 0. The van der Waals surface area contributed by atoms with Gasteiger partial charge in [0.05, 0.1) is 11.9 Å². The summed E-state index contributed by atoms with van der Waals surface area (Å²) in [5.41, 5.74) is 4.52. The summed E-state index contributed by atoms with van der Waals surface area (Å²) in [6.45, 7) is 6.40. The second-order valence-electron chi connectivity index (χ2n) is 4.40. The molecule has 0 bridgehead atoms. The van der Waals surface area contributed by atoms with Crippen LogP contribution in [-0.2, 0) is 7.05 Å². The van der Waals surface area contributed by atoms with Crippen molar-refractivity contribution in [3.05, 3.63) is 35.8 Å². The fourth-order valence-corrected chi connectivity index (χ4v) is 1.66. The Hall–Kier alpha value is -1.64. The largest absolute Gasteiger partial charge is 0.272 e. The lowest BCUT2D eigenvalue weighted by atomic mass is 10.0.